The summed E-state index contributed by atoms with van der Waals surface area (Å²) < 4.78 is 12.6. The zero-order chi connectivity index (χ0) is 26.9. The Hall–Kier alpha value is -3.49. The molecule has 1 atom stereocenters. The lowest BCUT2D eigenvalue weighted by atomic mass is 9.93. The van der Waals surface area contributed by atoms with Crippen LogP contribution in [0.2, 0.25) is 0 Å². The molecule has 1 aliphatic heterocycles. The van der Waals surface area contributed by atoms with Gasteiger partial charge in [0.15, 0.2) is 4.80 Å². The third kappa shape index (κ3) is 5.31. The van der Waals surface area contributed by atoms with Gasteiger partial charge in [0, 0.05) is 7.11 Å². The molecule has 0 saturated carbocycles. The molecule has 194 valence electrons. The number of rotatable bonds is 7. The minimum Gasteiger partial charge on any atom is -0.507 e. The Labute approximate surface area is 220 Å². The van der Waals surface area contributed by atoms with Crippen molar-refractivity contribution in [3.8, 4) is 5.75 Å². The van der Waals surface area contributed by atoms with Gasteiger partial charge in [0.2, 0.25) is 0 Å². The van der Waals surface area contributed by atoms with Crippen molar-refractivity contribution >= 4 is 23.4 Å². The summed E-state index contributed by atoms with van der Waals surface area (Å²) in [6, 6.07) is 11.0. The van der Waals surface area contributed by atoms with Crippen LogP contribution in [0, 0.1) is 13.8 Å². The van der Waals surface area contributed by atoms with Crippen LogP contribution in [0.3, 0.4) is 0 Å². The fraction of sp³-hybridized carbons (Fsp3) is 0.345. The Bertz CT molecular complexity index is 1520. The highest BCUT2D eigenvalue weighted by Gasteiger charge is 2.33. The van der Waals surface area contributed by atoms with E-state index in [0.717, 1.165) is 22.3 Å². The molecule has 0 fully saturated rings. The standard InChI is InChI=1S/C29H32N2O5S/c1-16(2)21-7-9-22(10-8-21)25-24(28(34)36-12-11-35-6)19(5)30-29-31(25)27(33)23(37-29)15-20-13-17(3)26(32)18(4)14-20/h7-10,13-16,25,32H,11-12H2,1-6H3. The molecule has 3 aromatic rings. The predicted octanol–water partition coefficient (Wildman–Crippen LogP) is 3.87. The molecule has 0 saturated heterocycles. The maximum Gasteiger partial charge on any atom is 0.338 e. The van der Waals surface area contributed by atoms with E-state index < -0.39 is 12.0 Å². The van der Waals surface area contributed by atoms with Crippen molar-refractivity contribution in [3.63, 3.8) is 0 Å². The van der Waals surface area contributed by atoms with Crippen LogP contribution < -0.4 is 14.9 Å². The number of nitrogens with zero attached hydrogens (tertiary/aromatic N) is 2. The summed E-state index contributed by atoms with van der Waals surface area (Å²) in [5.41, 5.74) is 4.87. The molecule has 7 nitrogen and oxygen atoms in total. The molecule has 1 aliphatic rings. The van der Waals surface area contributed by atoms with E-state index in [1.165, 1.54) is 16.9 Å². The molecule has 1 aromatic heterocycles. The van der Waals surface area contributed by atoms with E-state index in [4.69, 9.17) is 9.47 Å². The predicted molar refractivity (Wildman–Crippen MR) is 145 cm³/mol. The fourth-order valence-electron chi connectivity index (χ4n) is 4.48. The van der Waals surface area contributed by atoms with E-state index in [9.17, 15) is 14.7 Å². The second-order valence-corrected chi connectivity index (χ2v) is 10.5. The number of phenols is 1. The van der Waals surface area contributed by atoms with Gasteiger partial charge in [-0.2, -0.15) is 0 Å². The molecule has 0 spiro atoms. The van der Waals surface area contributed by atoms with Gasteiger partial charge in [-0.15, -0.1) is 0 Å². The van der Waals surface area contributed by atoms with Crippen molar-refractivity contribution in [1.29, 1.82) is 0 Å². The molecule has 1 N–H and O–H groups in total. The third-order valence-corrected chi connectivity index (χ3v) is 7.48. The highest BCUT2D eigenvalue weighted by molar-refractivity contribution is 7.07. The monoisotopic (exact) mass is 520 g/mol. The number of allylic oxidation sites excluding steroid dienone is 1. The number of methoxy groups -OCH3 is 1. The summed E-state index contributed by atoms with van der Waals surface area (Å²) in [4.78, 5) is 32.2. The van der Waals surface area contributed by atoms with E-state index in [-0.39, 0.29) is 24.5 Å². The molecular weight excluding hydrogens is 488 g/mol. The molecule has 2 heterocycles. The van der Waals surface area contributed by atoms with Crippen molar-refractivity contribution in [1.82, 2.24) is 4.57 Å². The van der Waals surface area contributed by atoms with E-state index in [2.05, 4.69) is 18.8 Å². The Morgan fingerprint density at radius 1 is 1.14 bits per heavy atom. The molecule has 8 heteroatoms. The Balaban J connectivity index is 1.89. The van der Waals surface area contributed by atoms with Crippen LogP contribution in [0.5, 0.6) is 5.75 Å². The Kier molecular flexibility index (Phi) is 7.80. The third-order valence-electron chi connectivity index (χ3n) is 6.49. The second kappa shape index (κ2) is 10.9. The molecule has 0 bridgehead atoms. The van der Waals surface area contributed by atoms with Crippen LogP contribution >= 0.6 is 11.3 Å². The van der Waals surface area contributed by atoms with Crippen LogP contribution in [0.4, 0.5) is 0 Å². The van der Waals surface area contributed by atoms with Gasteiger partial charge < -0.3 is 14.6 Å². The summed E-state index contributed by atoms with van der Waals surface area (Å²) in [5.74, 6) is 0.0787. The first-order valence-electron chi connectivity index (χ1n) is 12.2. The zero-order valence-electron chi connectivity index (χ0n) is 22.0. The average molecular weight is 521 g/mol. The first kappa shape index (κ1) is 26.6. The van der Waals surface area contributed by atoms with E-state index >= 15 is 0 Å². The number of benzene rings is 2. The number of carbonyl (C=O) groups is 1. The molecule has 2 aromatic carbocycles. The summed E-state index contributed by atoms with van der Waals surface area (Å²) in [5, 5.41) is 10.1. The largest absolute Gasteiger partial charge is 0.507 e. The minimum atomic E-state index is -0.669. The van der Waals surface area contributed by atoms with Crippen molar-refractivity contribution in [2.45, 2.75) is 46.6 Å². The number of fused-ring (bicyclic) bond motifs is 1. The molecular formula is C29H32N2O5S. The van der Waals surface area contributed by atoms with Gasteiger partial charge in [-0.1, -0.05) is 49.4 Å². The number of aryl methyl sites for hydroxylation is 2. The lowest BCUT2D eigenvalue weighted by Crippen LogP contribution is -2.40. The van der Waals surface area contributed by atoms with Crippen molar-refractivity contribution in [3.05, 3.63) is 95.2 Å². The maximum absolute atomic E-state index is 13.8. The van der Waals surface area contributed by atoms with Crippen molar-refractivity contribution < 1.29 is 19.4 Å². The van der Waals surface area contributed by atoms with Crippen LogP contribution in [-0.4, -0.2) is 36.0 Å². The zero-order valence-corrected chi connectivity index (χ0v) is 22.8. The number of hydrogen-bond acceptors (Lipinski definition) is 7. The van der Waals surface area contributed by atoms with Crippen molar-refractivity contribution in [2.75, 3.05) is 20.3 Å². The average Bonchev–Trinajstić information content (AvgIpc) is 3.15. The first-order chi connectivity index (χ1) is 17.6. The van der Waals surface area contributed by atoms with Gasteiger partial charge in [0.1, 0.15) is 12.4 Å². The number of esters is 1. The first-order valence-corrected chi connectivity index (χ1v) is 13.0. The SMILES string of the molecule is COCCOC(=O)C1=C(C)N=c2sc(=Cc3cc(C)c(O)c(C)c3)c(=O)n2C1c1ccc(C(C)C)cc1. The highest BCUT2D eigenvalue weighted by Crippen LogP contribution is 2.31. The molecule has 0 radical (unpaired) electrons. The van der Waals surface area contributed by atoms with Crippen LogP contribution in [0.15, 0.2) is 57.5 Å². The quantitative estimate of drug-likeness (QED) is 0.377. The summed E-state index contributed by atoms with van der Waals surface area (Å²) in [7, 11) is 1.54. The van der Waals surface area contributed by atoms with Crippen LogP contribution in [0.1, 0.15) is 60.5 Å². The topological polar surface area (TPSA) is 90.1 Å². The number of aromatic hydroxyl groups is 1. The summed E-state index contributed by atoms with van der Waals surface area (Å²) >= 11 is 1.28. The molecule has 0 aliphatic carbocycles. The molecule has 37 heavy (non-hydrogen) atoms. The van der Waals surface area contributed by atoms with Crippen molar-refractivity contribution in [2.24, 2.45) is 4.99 Å². The van der Waals surface area contributed by atoms with E-state index in [0.29, 0.717) is 26.5 Å². The Morgan fingerprint density at radius 3 is 2.38 bits per heavy atom. The smallest absolute Gasteiger partial charge is 0.338 e. The number of carbonyl (C=O) groups excluding carboxylic acids is 1. The molecule has 4 rings (SSSR count). The Morgan fingerprint density at radius 2 is 1.78 bits per heavy atom. The number of hydrogen-bond donors (Lipinski definition) is 1. The van der Waals surface area contributed by atoms with Crippen LogP contribution in [0.25, 0.3) is 6.08 Å². The summed E-state index contributed by atoms with van der Waals surface area (Å²) in [6.07, 6.45) is 1.80. The number of ether oxygens (including phenoxy) is 2. The number of aromatic nitrogens is 1. The number of phenolic OH excluding ortho intramolecular Hbond substituents is 1. The van der Waals surface area contributed by atoms with Gasteiger partial charge in [0.05, 0.1) is 28.5 Å². The lowest BCUT2D eigenvalue weighted by molar-refractivity contribution is -0.140. The summed E-state index contributed by atoms with van der Waals surface area (Å²) in [6.45, 7) is 10.0. The fourth-order valence-corrected chi connectivity index (χ4v) is 5.53. The van der Waals surface area contributed by atoms with Gasteiger partial charge in [-0.3, -0.25) is 9.36 Å². The van der Waals surface area contributed by atoms with Gasteiger partial charge in [-0.05, 0) is 72.7 Å². The highest BCUT2D eigenvalue weighted by atomic mass is 32.1. The van der Waals surface area contributed by atoms with E-state index in [1.807, 2.05) is 50.2 Å². The lowest BCUT2D eigenvalue weighted by Gasteiger charge is -2.25. The van der Waals surface area contributed by atoms with Crippen LogP contribution in [-0.2, 0) is 14.3 Å². The maximum atomic E-state index is 13.8. The number of thiazole rings is 1. The van der Waals surface area contributed by atoms with Gasteiger partial charge >= 0.3 is 5.97 Å². The van der Waals surface area contributed by atoms with Gasteiger partial charge in [0.25, 0.3) is 5.56 Å². The van der Waals surface area contributed by atoms with E-state index in [1.54, 1.807) is 24.7 Å². The molecule has 1 unspecified atom stereocenters. The molecule has 0 amide bonds. The second-order valence-electron chi connectivity index (χ2n) is 9.54. The minimum absolute atomic E-state index is 0.106. The normalized spacial score (nSPS) is 15.6. The van der Waals surface area contributed by atoms with Gasteiger partial charge in [-0.25, -0.2) is 9.79 Å².